The summed E-state index contributed by atoms with van der Waals surface area (Å²) < 4.78 is 0. The standard InChI is InChI=1S/C35H41N7O3/c1-21-29(15-16-30(38-21)34(44)39-27-3-2-4-27)24-9-5-22(6-10-24)17-32(41-33(43)25-11-7-23(19-36)8-12-25)35(45)40-28-14-13-26-20-37-42-31(26)18-28/h5-6,9-10,13-16,18,20,23,25,27,32H,2-4,7-8,11-12,17,19,36H2,1H3,(H,37,42)(H,39,44)(H,40,45)(H,41,43)/t23?,25?,32-/m0/s1. The van der Waals surface area contributed by atoms with Gasteiger partial charge in [-0.05, 0) is 99.7 Å². The Labute approximate surface area is 263 Å². The Morgan fingerprint density at radius 3 is 2.44 bits per heavy atom. The van der Waals surface area contributed by atoms with Gasteiger partial charge < -0.3 is 21.7 Å². The Morgan fingerprint density at radius 1 is 0.978 bits per heavy atom. The van der Waals surface area contributed by atoms with E-state index in [1.165, 1.54) is 0 Å². The molecule has 234 valence electrons. The van der Waals surface area contributed by atoms with Gasteiger partial charge in [0, 0.05) is 40.7 Å². The molecule has 1 atom stereocenters. The minimum Gasteiger partial charge on any atom is -0.348 e. The van der Waals surface area contributed by atoms with Crippen molar-refractivity contribution in [2.45, 2.75) is 70.4 Å². The van der Waals surface area contributed by atoms with Crippen molar-refractivity contribution < 1.29 is 14.4 Å². The quantitative estimate of drug-likeness (QED) is 0.177. The van der Waals surface area contributed by atoms with Crippen LogP contribution >= 0.6 is 0 Å². The first-order valence-electron chi connectivity index (χ1n) is 16.0. The molecule has 2 aromatic carbocycles. The van der Waals surface area contributed by atoms with Crippen molar-refractivity contribution in [3.8, 4) is 11.1 Å². The maximum absolute atomic E-state index is 13.6. The van der Waals surface area contributed by atoms with E-state index in [0.29, 0.717) is 30.3 Å². The zero-order valence-corrected chi connectivity index (χ0v) is 25.6. The Morgan fingerprint density at radius 2 is 1.76 bits per heavy atom. The molecule has 0 bridgehead atoms. The summed E-state index contributed by atoms with van der Waals surface area (Å²) in [6.45, 7) is 2.55. The maximum Gasteiger partial charge on any atom is 0.270 e. The van der Waals surface area contributed by atoms with E-state index in [1.807, 2.05) is 55.5 Å². The lowest BCUT2D eigenvalue weighted by molar-refractivity contribution is -0.130. The van der Waals surface area contributed by atoms with Gasteiger partial charge in [-0.2, -0.15) is 5.10 Å². The van der Waals surface area contributed by atoms with Gasteiger partial charge in [0.15, 0.2) is 0 Å². The zero-order chi connectivity index (χ0) is 31.3. The van der Waals surface area contributed by atoms with E-state index in [2.05, 4.69) is 31.1 Å². The molecule has 0 saturated heterocycles. The van der Waals surface area contributed by atoms with Crippen molar-refractivity contribution in [2.24, 2.45) is 17.6 Å². The van der Waals surface area contributed by atoms with Crippen molar-refractivity contribution in [3.63, 3.8) is 0 Å². The van der Waals surface area contributed by atoms with Crippen molar-refractivity contribution in [1.29, 1.82) is 0 Å². The molecule has 0 spiro atoms. The van der Waals surface area contributed by atoms with Crippen LogP contribution < -0.4 is 21.7 Å². The third kappa shape index (κ3) is 7.23. The molecule has 6 rings (SSSR count). The molecule has 0 radical (unpaired) electrons. The normalized spacial score (nSPS) is 19.0. The predicted octanol–water partition coefficient (Wildman–Crippen LogP) is 4.65. The fourth-order valence-electron chi connectivity index (χ4n) is 6.26. The molecular formula is C35H41N7O3. The number of nitrogens with two attached hydrogens (primary N) is 1. The van der Waals surface area contributed by atoms with Crippen LogP contribution in [0.1, 0.15) is 66.7 Å². The first kappa shape index (κ1) is 30.5. The number of H-pyrrole nitrogens is 1. The van der Waals surface area contributed by atoms with Crippen LogP contribution in [0.4, 0.5) is 5.69 Å². The highest BCUT2D eigenvalue weighted by Crippen LogP contribution is 2.29. The SMILES string of the molecule is Cc1nc(C(=O)NC2CCC2)ccc1-c1ccc(C[C@H](NC(=O)C2CCC(CN)CC2)C(=O)Nc2ccc3cn[nH]c3c2)cc1. The van der Waals surface area contributed by atoms with Gasteiger partial charge in [0.1, 0.15) is 11.7 Å². The number of nitrogens with one attached hydrogen (secondary N) is 4. The van der Waals surface area contributed by atoms with E-state index in [-0.39, 0.29) is 29.7 Å². The van der Waals surface area contributed by atoms with E-state index in [4.69, 9.17) is 5.73 Å². The fourth-order valence-corrected chi connectivity index (χ4v) is 6.26. The number of carbonyl (C=O) groups is 3. The number of amides is 3. The van der Waals surface area contributed by atoms with Gasteiger partial charge in [-0.25, -0.2) is 4.98 Å². The minimum absolute atomic E-state index is 0.0885. The number of nitrogens with zero attached hydrogens (tertiary/aromatic N) is 2. The average Bonchev–Trinajstić information content (AvgIpc) is 3.51. The van der Waals surface area contributed by atoms with Crippen LogP contribution in [0.3, 0.4) is 0 Å². The lowest BCUT2D eigenvalue weighted by Gasteiger charge is -2.28. The molecule has 0 unspecified atom stereocenters. The van der Waals surface area contributed by atoms with E-state index in [0.717, 1.165) is 78.2 Å². The topological polar surface area (TPSA) is 155 Å². The Balaban J connectivity index is 1.16. The molecule has 2 fully saturated rings. The summed E-state index contributed by atoms with van der Waals surface area (Å²) in [6, 6.07) is 16.7. The number of hydrogen-bond donors (Lipinski definition) is 5. The highest BCUT2D eigenvalue weighted by Gasteiger charge is 2.29. The van der Waals surface area contributed by atoms with Crippen LogP contribution in [0, 0.1) is 18.8 Å². The molecular weight excluding hydrogens is 566 g/mol. The summed E-state index contributed by atoms with van der Waals surface area (Å²) in [5, 5.41) is 17.0. The summed E-state index contributed by atoms with van der Waals surface area (Å²) in [7, 11) is 0. The van der Waals surface area contributed by atoms with E-state index in [1.54, 1.807) is 12.3 Å². The monoisotopic (exact) mass is 607 g/mol. The number of anilines is 1. The fraction of sp³-hybridized carbons (Fsp3) is 0.400. The third-order valence-corrected chi connectivity index (χ3v) is 9.36. The van der Waals surface area contributed by atoms with Crippen molar-refractivity contribution in [2.75, 3.05) is 11.9 Å². The number of aromatic nitrogens is 3. The van der Waals surface area contributed by atoms with E-state index < -0.39 is 6.04 Å². The summed E-state index contributed by atoms with van der Waals surface area (Å²) in [4.78, 5) is 44.1. The molecule has 4 aromatic rings. The molecule has 6 N–H and O–H groups in total. The molecule has 10 nitrogen and oxygen atoms in total. The zero-order valence-electron chi connectivity index (χ0n) is 25.6. The van der Waals surface area contributed by atoms with Gasteiger partial charge in [0.25, 0.3) is 5.91 Å². The van der Waals surface area contributed by atoms with Gasteiger partial charge in [0.2, 0.25) is 11.8 Å². The number of hydrogen-bond acceptors (Lipinski definition) is 6. The molecule has 3 amide bonds. The van der Waals surface area contributed by atoms with Crippen LogP contribution in [0.25, 0.3) is 22.0 Å². The smallest absolute Gasteiger partial charge is 0.270 e. The molecule has 2 aliphatic carbocycles. The second-order valence-corrected chi connectivity index (χ2v) is 12.5. The molecule has 2 saturated carbocycles. The molecule has 45 heavy (non-hydrogen) atoms. The van der Waals surface area contributed by atoms with Crippen molar-refractivity contribution in [3.05, 3.63) is 77.7 Å². The lowest BCUT2D eigenvalue weighted by atomic mass is 9.81. The number of benzene rings is 2. The molecule has 10 heteroatoms. The van der Waals surface area contributed by atoms with Crippen LogP contribution in [-0.2, 0) is 16.0 Å². The third-order valence-electron chi connectivity index (χ3n) is 9.36. The van der Waals surface area contributed by atoms with E-state index >= 15 is 0 Å². The largest absolute Gasteiger partial charge is 0.348 e. The van der Waals surface area contributed by atoms with Crippen LogP contribution in [0.2, 0.25) is 0 Å². The lowest BCUT2D eigenvalue weighted by Crippen LogP contribution is -2.48. The summed E-state index contributed by atoms with van der Waals surface area (Å²) in [6.07, 6.45) is 8.68. The Hall–Kier alpha value is -4.57. The van der Waals surface area contributed by atoms with Gasteiger partial charge in [-0.15, -0.1) is 0 Å². The van der Waals surface area contributed by atoms with Crippen LogP contribution in [-0.4, -0.2) is 51.5 Å². The predicted molar refractivity (Wildman–Crippen MR) is 174 cm³/mol. The number of aryl methyl sites for hydroxylation is 1. The maximum atomic E-state index is 13.6. The second-order valence-electron chi connectivity index (χ2n) is 12.5. The highest BCUT2D eigenvalue weighted by molar-refractivity contribution is 5.99. The number of rotatable bonds is 10. The highest BCUT2D eigenvalue weighted by atomic mass is 16.2. The number of fused-ring (bicyclic) bond motifs is 1. The first-order chi connectivity index (χ1) is 21.9. The number of pyridine rings is 1. The van der Waals surface area contributed by atoms with Crippen molar-refractivity contribution >= 4 is 34.3 Å². The number of carbonyl (C=O) groups excluding carboxylic acids is 3. The summed E-state index contributed by atoms with van der Waals surface area (Å²) in [5.41, 5.74) is 11.3. The Kier molecular flexibility index (Phi) is 9.21. The molecule has 2 aliphatic rings. The van der Waals surface area contributed by atoms with Crippen molar-refractivity contribution in [1.82, 2.24) is 25.8 Å². The minimum atomic E-state index is -0.759. The Bertz CT molecular complexity index is 1670. The summed E-state index contributed by atoms with van der Waals surface area (Å²) in [5.74, 6) is -0.162. The van der Waals surface area contributed by atoms with Gasteiger partial charge >= 0.3 is 0 Å². The average molecular weight is 608 g/mol. The number of aromatic amines is 1. The van der Waals surface area contributed by atoms with Crippen LogP contribution in [0.15, 0.2) is 60.8 Å². The second kappa shape index (κ2) is 13.6. The summed E-state index contributed by atoms with van der Waals surface area (Å²) >= 11 is 0. The first-order valence-corrected chi connectivity index (χ1v) is 16.0. The van der Waals surface area contributed by atoms with E-state index in [9.17, 15) is 14.4 Å². The van der Waals surface area contributed by atoms with Gasteiger partial charge in [0.05, 0.1) is 11.7 Å². The molecule has 2 heterocycles. The van der Waals surface area contributed by atoms with Gasteiger partial charge in [-0.1, -0.05) is 30.3 Å². The molecule has 0 aliphatic heterocycles. The van der Waals surface area contributed by atoms with Crippen LogP contribution in [0.5, 0.6) is 0 Å². The molecule has 2 aromatic heterocycles. The van der Waals surface area contributed by atoms with Gasteiger partial charge in [-0.3, -0.25) is 19.5 Å².